The fourth-order valence-electron chi connectivity index (χ4n) is 4.90. The molecule has 0 fully saturated rings. The predicted molar refractivity (Wildman–Crippen MR) is 176 cm³/mol. The lowest BCUT2D eigenvalue weighted by Crippen LogP contribution is -2.21. The first kappa shape index (κ1) is 30.7. The van der Waals surface area contributed by atoms with Crippen LogP contribution in [-0.4, -0.2) is 33.6 Å². The molecule has 1 N–H and O–H groups in total. The third-order valence-corrected chi connectivity index (χ3v) is 7.62. The molecule has 0 unspecified atom stereocenters. The molecule has 44 heavy (non-hydrogen) atoms. The summed E-state index contributed by atoms with van der Waals surface area (Å²) in [5.41, 5.74) is 4.48. The number of rotatable bonds is 10. The van der Waals surface area contributed by atoms with Crippen LogP contribution in [0.3, 0.4) is 0 Å². The van der Waals surface area contributed by atoms with Gasteiger partial charge < -0.3 is 14.6 Å². The second-order valence-corrected chi connectivity index (χ2v) is 11.5. The summed E-state index contributed by atoms with van der Waals surface area (Å²) >= 11 is 3.52. The molecule has 0 atom stereocenters. The third kappa shape index (κ3) is 6.58. The van der Waals surface area contributed by atoms with E-state index in [1.165, 1.54) is 10.7 Å². The number of hydrogen-bond donors (Lipinski definition) is 1. The monoisotopic (exact) mass is 653 g/mol. The smallest absolute Gasteiger partial charge is 0.335 e. The fraction of sp³-hybridized carbons (Fsp3) is 0.200. The van der Waals surface area contributed by atoms with Crippen molar-refractivity contribution in [2.75, 3.05) is 6.61 Å². The van der Waals surface area contributed by atoms with E-state index in [4.69, 9.17) is 14.5 Å². The molecule has 0 aliphatic carbocycles. The molecule has 0 aliphatic rings. The Morgan fingerprint density at radius 1 is 1.02 bits per heavy atom. The summed E-state index contributed by atoms with van der Waals surface area (Å²) in [6.45, 7) is 8.82. The van der Waals surface area contributed by atoms with Gasteiger partial charge in [0.15, 0.2) is 5.82 Å². The lowest BCUT2D eigenvalue weighted by Gasteiger charge is -2.18. The van der Waals surface area contributed by atoms with Crippen molar-refractivity contribution >= 4 is 39.0 Å². The maximum Gasteiger partial charge on any atom is 0.335 e. The normalized spacial score (nSPS) is 11.4. The molecule has 5 aromatic rings. The first-order chi connectivity index (χ1) is 21.2. The highest BCUT2D eigenvalue weighted by Gasteiger charge is 2.19. The fourth-order valence-corrected chi connectivity index (χ4v) is 5.28. The summed E-state index contributed by atoms with van der Waals surface area (Å²) in [7, 11) is 0. The Hall–Kier alpha value is -4.76. The molecular weight excluding hydrogens is 622 g/mol. The summed E-state index contributed by atoms with van der Waals surface area (Å²) in [4.78, 5) is 30.2. The molecule has 8 nitrogen and oxygen atoms in total. The van der Waals surface area contributed by atoms with Crippen molar-refractivity contribution in [2.24, 2.45) is 5.10 Å². The third-order valence-electron chi connectivity index (χ3n) is 7.13. The van der Waals surface area contributed by atoms with Crippen LogP contribution >= 0.6 is 15.9 Å². The first-order valence-electron chi connectivity index (χ1n) is 14.2. The van der Waals surface area contributed by atoms with Gasteiger partial charge in [-0.15, -0.1) is 0 Å². The SMILES string of the molecule is CCOc1cc(C)c(-c2nc3ccccc3c(=O)n2N=Cc2cc(Br)ccc2OCc2cccc(C(=O)O)c2)cc1C(C)C. The van der Waals surface area contributed by atoms with Crippen molar-refractivity contribution in [2.45, 2.75) is 40.2 Å². The van der Waals surface area contributed by atoms with E-state index in [9.17, 15) is 14.7 Å². The predicted octanol–water partition coefficient (Wildman–Crippen LogP) is 7.82. The molecule has 0 saturated carbocycles. The average molecular weight is 655 g/mol. The summed E-state index contributed by atoms with van der Waals surface area (Å²) < 4.78 is 14.2. The minimum atomic E-state index is -1.00. The van der Waals surface area contributed by atoms with Gasteiger partial charge in [0, 0.05) is 15.6 Å². The molecule has 0 spiro atoms. The average Bonchev–Trinajstić information content (AvgIpc) is 3.00. The van der Waals surface area contributed by atoms with Crippen LogP contribution in [0.1, 0.15) is 59.3 Å². The summed E-state index contributed by atoms with van der Waals surface area (Å²) in [5, 5.41) is 14.5. The molecule has 0 amide bonds. The lowest BCUT2D eigenvalue weighted by atomic mass is 9.96. The molecule has 224 valence electrons. The van der Waals surface area contributed by atoms with Crippen LogP contribution in [0.25, 0.3) is 22.3 Å². The van der Waals surface area contributed by atoms with Crippen LogP contribution in [0.5, 0.6) is 11.5 Å². The van der Waals surface area contributed by atoms with Crippen LogP contribution < -0.4 is 15.0 Å². The molecule has 9 heteroatoms. The number of aryl methyl sites for hydroxylation is 1. The largest absolute Gasteiger partial charge is 0.494 e. The van der Waals surface area contributed by atoms with E-state index in [1.54, 1.807) is 42.6 Å². The van der Waals surface area contributed by atoms with Crippen molar-refractivity contribution < 1.29 is 19.4 Å². The summed E-state index contributed by atoms with van der Waals surface area (Å²) in [6.07, 6.45) is 1.57. The topological polar surface area (TPSA) is 103 Å². The zero-order valence-corrected chi connectivity index (χ0v) is 26.5. The van der Waals surface area contributed by atoms with Crippen molar-refractivity contribution in [3.63, 3.8) is 0 Å². The minimum Gasteiger partial charge on any atom is -0.494 e. The van der Waals surface area contributed by atoms with E-state index in [0.29, 0.717) is 40.2 Å². The molecule has 0 radical (unpaired) electrons. The van der Waals surface area contributed by atoms with Crippen LogP contribution in [0.15, 0.2) is 93.2 Å². The van der Waals surface area contributed by atoms with E-state index < -0.39 is 5.97 Å². The Morgan fingerprint density at radius 2 is 1.82 bits per heavy atom. The Morgan fingerprint density at radius 3 is 2.57 bits per heavy atom. The van der Waals surface area contributed by atoms with E-state index in [1.807, 2.05) is 50.2 Å². The van der Waals surface area contributed by atoms with E-state index in [2.05, 4.69) is 34.9 Å². The Labute approximate surface area is 263 Å². The van der Waals surface area contributed by atoms with Gasteiger partial charge in [0.1, 0.15) is 18.1 Å². The molecule has 5 rings (SSSR count). The summed E-state index contributed by atoms with van der Waals surface area (Å²) in [6, 6.07) is 23.3. The number of aromatic nitrogens is 2. The molecule has 0 saturated heterocycles. The molecule has 0 bridgehead atoms. The quantitative estimate of drug-likeness (QED) is 0.154. The Balaban J connectivity index is 1.61. The Bertz CT molecular complexity index is 1950. The number of ether oxygens (including phenoxy) is 2. The van der Waals surface area contributed by atoms with E-state index in [-0.39, 0.29) is 23.6 Å². The number of carboxylic acids is 1. The van der Waals surface area contributed by atoms with Crippen LogP contribution in [0.4, 0.5) is 0 Å². The van der Waals surface area contributed by atoms with Gasteiger partial charge in [-0.1, -0.05) is 54.0 Å². The first-order valence-corrected chi connectivity index (χ1v) is 15.0. The molecule has 1 aromatic heterocycles. The van der Waals surface area contributed by atoms with Gasteiger partial charge in [-0.2, -0.15) is 9.78 Å². The lowest BCUT2D eigenvalue weighted by molar-refractivity contribution is 0.0696. The number of hydrogen-bond acceptors (Lipinski definition) is 6. The second kappa shape index (κ2) is 13.3. The highest BCUT2D eigenvalue weighted by atomic mass is 79.9. The molecular formula is C35H32BrN3O5. The van der Waals surface area contributed by atoms with Crippen LogP contribution in [0, 0.1) is 6.92 Å². The van der Waals surface area contributed by atoms with Crippen molar-refractivity contribution in [3.05, 3.63) is 122 Å². The van der Waals surface area contributed by atoms with Gasteiger partial charge in [0.25, 0.3) is 5.56 Å². The maximum atomic E-state index is 13.9. The van der Waals surface area contributed by atoms with Crippen LogP contribution in [0.2, 0.25) is 0 Å². The van der Waals surface area contributed by atoms with E-state index in [0.717, 1.165) is 26.9 Å². The summed E-state index contributed by atoms with van der Waals surface area (Å²) in [5.74, 6) is 0.914. The zero-order valence-electron chi connectivity index (χ0n) is 24.9. The highest BCUT2D eigenvalue weighted by Crippen LogP contribution is 2.34. The number of nitrogens with zero attached hydrogens (tertiary/aromatic N) is 3. The zero-order chi connectivity index (χ0) is 31.4. The van der Waals surface area contributed by atoms with E-state index >= 15 is 0 Å². The molecule has 4 aromatic carbocycles. The van der Waals surface area contributed by atoms with Gasteiger partial charge in [0.05, 0.1) is 29.3 Å². The van der Waals surface area contributed by atoms with Gasteiger partial charge >= 0.3 is 5.97 Å². The number of fused-ring (bicyclic) bond motifs is 1. The highest BCUT2D eigenvalue weighted by molar-refractivity contribution is 9.10. The van der Waals surface area contributed by atoms with Crippen molar-refractivity contribution in [1.82, 2.24) is 9.66 Å². The maximum absolute atomic E-state index is 13.9. The number of aromatic carboxylic acids is 1. The second-order valence-electron chi connectivity index (χ2n) is 10.6. The number of halogens is 1. The number of carboxylic acid groups (broad SMARTS) is 1. The van der Waals surface area contributed by atoms with Gasteiger partial charge in [-0.3, -0.25) is 4.79 Å². The number of carbonyl (C=O) groups is 1. The molecule has 1 heterocycles. The molecule has 0 aliphatic heterocycles. The minimum absolute atomic E-state index is 0.148. The van der Waals surface area contributed by atoms with Crippen molar-refractivity contribution in [3.8, 4) is 22.9 Å². The number of para-hydroxylation sites is 1. The standard InChI is InChI=1S/C35H32BrN3O5/c1-5-43-32-15-22(4)29(18-28(32)21(2)3)33-38-30-12-7-6-11-27(30)34(40)39(33)37-19-25-17-26(36)13-14-31(25)44-20-23-9-8-10-24(16-23)35(41)42/h6-19,21H,5,20H2,1-4H3,(H,41,42). The van der Waals surface area contributed by atoms with Gasteiger partial charge in [-0.05, 0) is 91.1 Å². The van der Waals surface area contributed by atoms with Gasteiger partial charge in [-0.25, -0.2) is 9.78 Å². The van der Waals surface area contributed by atoms with Crippen LogP contribution in [-0.2, 0) is 6.61 Å². The Kier molecular flexibility index (Phi) is 9.25. The number of benzene rings is 4. The van der Waals surface area contributed by atoms with Crippen molar-refractivity contribution in [1.29, 1.82) is 0 Å². The van der Waals surface area contributed by atoms with Gasteiger partial charge in [0.2, 0.25) is 0 Å².